The van der Waals surface area contributed by atoms with Gasteiger partial charge < -0.3 is 0 Å². The first-order valence-corrected chi connectivity index (χ1v) is 3.07. The summed E-state index contributed by atoms with van der Waals surface area (Å²) >= 11 is 1.03. The number of aromatic nitrogens is 2. The number of nitrogens with zero attached hydrogens (tertiary/aromatic N) is 3. The van der Waals surface area contributed by atoms with Crippen molar-refractivity contribution in [3.8, 4) is 5.40 Å². The van der Waals surface area contributed by atoms with Crippen molar-refractivity contribution in [1.29, 1.82) is 5.26 Å². The number of rotatable bonds is 1. The zero-order valence-corrected chi connectivity index (χ0v) is 5.30. The van der Waals surface area contributed by atoms with Gasteiger partial charge >= 0.3 is 0 Å². The molecule has 1 heterocycles. The summed E-state index contributed by atoms with van der Waals surface area (Å²) in [6, 6.07) is 1.69. The summed E-state index contributed by atoms with van der Waals surface area (Å²) in [6.07, 6.45) is 3.02. The molecule has 0 aliphatic carbocycles. The molecule has 1 aromatic heterocycles. The fourth-order valence-electron chi connectivity index (χ4n) is 0.386. The lowest BCUT2D eigenvalue weighted by atomic mass is 10.7. The summed E-state index contributed by atoms with van der Waals surface area (Å²) in [4.78, 5) is 7.49. The van der Waals surface area contributed by atoms with E-state index in [1.54, 1.807) is 12.3 Å². The first kappa shape index (κ1) is 6.05. The summed E-state index contributed by atoms with van der Waals surface area (Å²) in [5.41, 5.74) is 0. The van der Waals surface area contributed by atoms with Gasteiger partial charge in [0.25, 0.3) is 0 Å². The molecule has 0 unspecified atom stereocenters. The second-order valence-corrected chi connectivity index (χ2v) is 2.05. The molecule has 0 amide bonds. The Morgan fingerprint density at radius 1 is 1.67 bits per heavy atom. The van der Waals surface area contributed by atoms with Crippen molar-refractivity contribution in [2.24, 2.45) is 0 Å². The molecule has 0 aliphatic heterocycles. The number of nitriles is 1. The van der Waals surface area contributed by atoms with Crippen LogP contribution in [0.1, 0.15) is 0 Å². The lowest BCUT2D eigenvalue weighted by Gasteiger charge is -1.85. The van der Waals surface area contributed by atoms with Gasteiger partial charge in [0.05, 0.1) is 0 Å². The van der Waals surface area contributed by atoms with Crippen molar-refractivity contribution < 1.29 is 0 Å². The average molecular weight is 137 g/mol. The Labute approximate surface area is 56.8 Å². The van der Waals surface area contributed by atoms with Crippen LogP contribution in [0.5, 0.6) is 0 Å². The van der Waals surface area contributed by atoms with Gasteiger partial charge in [-0.25, -0.2) is 9.97 Å². The van der Waals surface area contributed by atoms with Crippen LogP contribution < -0.4 is 0 Å². The summed E-state index contributed by atoms with van der Waals surface area (Å²) in [7, 11) is 0. The van der Waals surface area contributed by atoms with E-state index in [9.17, 15) is 0 Å². The van der Waals surface area contributed by atoms with Crippen molar-refractivity contribution in [2.75, 3.05) is 0 Å². The fourth-order valence-corrected chi connectivity index (χ4v) is 0.708. The summed E-state index contributed by atoms with van der Waals surface area (Å²) in [6.45, 7) is 0. The zero-order chi connectivity index (χ0) is 6.53. The monoisotopic (exact) mass is 137 g/mol. The summed E-state index contributed by atoms with van der Waals surface area (Å²) < 4.78 is 0. The summed E-state index contributed by atoms with van der Waals surface area (Å²) in [5, 5.41) is 10.8. The normalized spacial score (nSPS) is 8.33. The molecular formula is C5H3N3S. The summed E-state index contributed by atoms with van der Waals surface area (Å²) in [5.74, 6) is 0. The lowest BCUT2D eigenvalue weighted by molar-refractivity contribution is 1.05. The van der Waals surface area contributed by atoms with Crippen LogP contribution >= 0.6 is 11.8 Å². The predicted molar refractivity (Wildman–Crippen MR) is 33.5 cm³/mol. The molecule has 0 radical (unpaired) electrons. The minimum atomic E-state index is 0.688. The van der Waals surface area contributed by atoms with Gasteiger partial charge in [0.15, 0.2) is 0 Å². The van der Waals surface area contributed by atoms with Crippen LogP contribution in [0.15, 0.2) is 23.6 Å². The largest absolute Gasteiger partial charge is 0.245 e. The topological polar surface area (TPSA) is 49.6 Å². The van der Waals surface area contributed by atoms with Crippen LogP contribution in [0.4, 0.5) is 0 Å². The van der Waals surface area contributed by atoms with Gasteiger partial charge in [-0.15, -0.1) is 0 Å². The van der Waals surface area contributed by atoms with Crippen LogP contribution in [0, 0.1) is 10.7 Å². The van der Waals surface area contributed by atoms with E-state index in [2.05, 4.69) is 9.97 Å². The molecule has 1 aromatic rings. The third-order valence-corrected chi connectivity index (χ3v) is 1.25. The molecule has 0 saturated carbocycles. The molecule has 3 nitrogen and oxygen atoms in total. The van der Waals surface area contributed by atoms with Gasteiger partial charge in [0, 0.05) is 18.0 Å². The van der Waals surface area contributed by atoms with Crippen LogP contribution in [0.3, 0.4) is 0 Å². The molecule has 44 valence electrons. The van der Waals surface area contributed by atoms with Crippen molar-refractivity contribution in [1.82, 2.24) is 9.97 Å². The van der Waals surface area contributed by atoms with E-state index in [0.29, 0.717) is 5.03 Å². The van der Waals surface area contributed by atoms with Gasteiger partial charge in [-0.2, -0.15) is 5.26 Å². The fraction of sp³-hybridized carbons (Fsp3) is 0. The Bertz CT molecular complexity index is 215. The maximum absolute atomic E-state index is 8.17. The standard InChI is InChI=1S/C5H3N3S/c6-3-9-5-1-2-7-4-8-5/h1-2,4H. The third kappa shape index (κ3) is 1.70. The highest BCUT2D eigenvalue weighted by Crippen LogP contribution is 2.09. The number of thiocyanates is 1. The van der Waals surface area contributed by atoms with Crippen molar-refractivity contribution >= 4 is 11.8 Å². The van der Waals surface area contributed by atoms with Crippen LogP contribution in [0.2, 0.25) is 0 Å². The molecule has 0 aliphatic rings. The van der Waals surface area contributed by atoms with Crippen LogP contribution in [-0.2, 0) is 0 Å². The molecule has 1 rings (SSSR count). The smallest absolute Gasteiger partial charge is 0.140 e. The predicted octanol–water partition coefficient (Wildman–Crippen LogP) is 1.05. The molecule has 0 spiro atoms. The second kappa shape index (κ2) is 3.05. The highest BCUT2D eigenvalue weighted by atomic mass is 32.2. The molecule has 0 atom stereocenters. The van der Waals surface area contributed by atoms with E-state index in [-0.39, 0.29) is 0 Å². The number of hydrogen-bond donors (Lipinski definition) is 0. The van der Waals surface area contributed by atoms with Crippen molar-refractivity contribution in [3.63, 3.8) is 0 Å². The molecular weight excluding hydrogens is 134 g/mol. The van der Waals surface area contributed by atoms with Crippen molar-refractivity contribution in [2.45, 2.75) is 5.03 Å². The first-order chi connectivity index (χ1) is 4.43. The first-order valence-electron chi connectivity index (χ1n) is 2.25. The minimum absolute atomic E-state index is 0.688. The molecule has 0 fully saturated rings. The SMILES string of the molecule is N#CSc1ccncn1. The lowest BCUT2D eigenvalue weighted by Crippen LogP contribution is -1.76. The average Bonchev–Trinajstić information content (AvgIpc) is 1.91. The van der Waals surface area contributed by atoms with E-state index in [1.165, 1.54) is 6.33 Å². The van der Waals surface area contributed by atoms with E-state index < -0.39 is 0 Å². The zero-order valence-electron chi connectivity index (χ0n) is 4.48. The van der Waals surface area contributed by atoms with Crippen LogP contribution in [-0.4, -0.2) is 9.97 Å². The van der Waals surface area contributed by atoms with Gasteiger partial charge in [0.2, 0.25) is 0 Å². The Balaban J connectivity index is 2.76. The Hall–Kier alpha value is -1.08. The highest BCUT2D eigenvalue weighted by Gasteiger charge is 1.88. The molecule has 0 bridgehead atoms. The van der Waals surface area contributed by atoms with Crippen molar-refractivity contribution in [3.05, 3.63) is 18.6 Å². The van der Waals surface area contributed by atoms with Gasteiger partial charge in [-0.05, 0) is 6.07 Å². The third-order valence-electron chi connectivity index (χ3n) is 0.705. The van der Waals surface area contributed by atoms with Crippen LogP contribution in [0.25, 0.3) is 0 Å². The Morgan fingerprint density at radius 3 is 3.11 bits per heavy atom. The molecule has 9 heavy (non-hydrogen) atoms. The van der Waals surface area contributed by atoms with E-state index >= 15 is 0 Å². The molecule has 0 aromatic carbocycles. The maximum Gasteiger partial charge on any atom is 0.140 e. The number of thioether (sulfide) groups is 1. The second-order valence-electron chi connectivity index (χ2n) is 1.24. The van der Waals surface area contributed by atoms with Gasteiger partial charge in [-0.3, -0.25) is 0 Å². The molecule has 0 N–H and O–H groups in total. The van der Waals surface area contributed by atoms with E-state index in [4.69, 9.17) is 5.26 Å². The Kier molecular flexibility index (Phi) is 2.05. The molecule has 4 heteroatoms. The maximum atomic E-state index is 8.17. The number of hydrogen-bond acceptors (Lipinski definition) is 4. The Morgan fingerprint density at radius 2 is 2.56 bits per heavy atom. The highest BCUT2D eigenvalue weighted by molar-refractivity contribution is 8.03. The minimum Gasteiger partial charge on any atom is -0.245 e. The van der Waals surface area contributed by atoms with Gasteiger partial charge in [0.1, 0.15) is 16.8 Å². The quantitative estimate of drug-likeness (QED) is 0.330. The van der Waals surface area contributed by atoms with E-state index in [1.807, 2.05) is 5.40 Å². The van der Waals surface area contributed by atoms with E-state index in [0.717, 1.165) is 11.8 Å². The molecule has 0 saturated heterocycles. The van der Waals surface area contributed by atoms with Gasteiger partial charge in [-0.1, -0.05) is 0 Å².